The Morgan fingerprint density at radius 1 is 1.37 bits per heavy atom. The molecule has 1 aliphatic carbocycles. The molecule has 0 aliphatic heterocycles. The van der Waals surface area contributed by atoms with Gasteiger partial charge in [0.25, 0.3) is 0 Å². The van der Waals surface area contributed by atoms with Gasteiger partial charge in [0.1, 0.15) is 4.21 Å². The molecule has 1 aliphatic rings. The summed E-state index contributed by atoms with van der Waals surface area (Å²) >= 11 is 1.16. The van der Waals surface area contributed by atoms with E-state index in [1.807, 2.05) is 0 Å². The molecule has 2 N–H and O–H groups in total. The predicted octanol–water partition coefficient (Wildman–Crippen LogP) is 2.34. The lowest BCUT2D eigenvalue weighted by Gasteiger charge is -2.32. The molecule has 3 unspecified atom stereocenters. The molecular weight excluding hydrogens is 282 g/mol. The van der Waals surface area contributed by atoms with Crippen LogP contribution < -0.4 is 4.72 Å². The molecule has 0 saturated heterocycles. The van der Waals surface area contributed by atoms with Gasteiger partial charge in [-0.25, -0.2) is 13.1 Å². The number of hydrogen-bond donors (Lipinski definition) is 2. The van der Waals surface area contributed by atoms with Crippen molar-refractivity contribution in [3.05, 3.63) is 17.0 Å². The highest BCUT2D eigenvalue weighted by atomic mass is 32.2. The Kier molecular flexibility index (Phi) is 4.66. The molecule has 0 amide bonds. The van der Waals surface area contributed by atoms with E-state index in [1.165, 1.54) is 0 Å². The van der Waals surface area contributed by atoms with Crippen LogP contribution in [0, 0.1) is 11.8 Å². The van der Waals surface area contributed by atoms with E-state index in [2.05, 4.69) is 18.6 Å². The number of aliphatic hydroxyl groups is 1. The average molecular weight is 303 g/mol. The lowest BCUT2D eigenvalue weighted by Crippen LogP contribution is -2.39. The first kappa shape index (κ1) is 15.0. The minimum absolute atomic E-state index is 0.0378. The van der Waals surface area contributed by atoms with Gasteiger partial charge in [-0.05, 0) is 48.1 Å². The maximum Gasteiger partial charge on any atom is 0.250 e. The molecule has 108 valence electrons. The molecule has 6 heteroatoms. The van der Waals surface area contributed by atoms with Crippen LogP contribution >= 0.6 is 11.3 Å². The third-order valence-corrected chi connectivity index (χ3v) is 7.01. The van der Waals surface area contributed by atoms with Crippen molar-refractivity contribution in [3.8, 4) is 0 Å². The van der Waals surface area contributed by atoms with E-state index in [0.29, 0.717) is 21.6 Å². The van der Waals surface area contributed by atoms with Crippen LogP contribution in [0.15, 0.2) is 15.7 Å². The van der Waals surface area contributed by atoms with Crippen molar-refractivity contribution < 1.29 is 13.5 Å². The Morgan fingerprint density at radius 2 is 2.11 bits per heavy atom. The molecule has 0 aromatic carbocycles. The summed E-state index contributed by atoms with van der Waals surface area (Å²) in [6.07, 6.45) is 2.88. The SMILES string of the molecule is CC1CCC(NS(=O)(=O)c2cc(CO)cs2)CC1C. The topological polar surface area (TPSA) is 66.4 Å². The van der Waals surface area contributed by atoms with Crippen molar-refractivity contribution in [1.82, 2.24) is 4.72 Å². The molecule has 1 fully saturated rings. The van der Waals surface area contributed by atoms with E-state index in [-0.39, 0.29) is 12.6 Å². The summed E-state index contributed by atoms with van der Waals surface area (Å²) in [6.45, 7) is 4.28. The van der Waals surface area contributed by atoms with Crippen molar-refractivity contribution in [2.45, 2.75) is 50.0 Å². The van der Waals surface area contributed by atoms with E-state index in [0.717, 1.165) is 30.6 Å². The maximum absolute atomic E-state index is 12.2. The van der Waals surface area contributed by atoms with Gasteiger partial charge in [-0.2, -0.15) is 0 Å². The third-order valence-electron chi connectivity index (χ3n) is 4.00. The van der Waals surface area contributed by atoms with Gasteiger partial charge in [0.05, 0.1) is 6.61 Å². The fourth-order valence-corrected chi connectivity index (χ4v) is 5.01. The number of nitrogens with one attached hydrogen (secondary N) is 1. The van der Waals surface area contributed by atoms with E-state index in [1.54, 1.807) is 11.4 Å². The molecule has 1 aromatic rings. The molecule has 0 spiro atoms. The fourth-order valence-electron chi connectivity index (χ4n) is 2.51. The number of sulfonamides is 1. The van der Waals surface area contributed by atoms with Gasteiger partial charge in [-0.15, -0.1) is 11.3 Å². The average Bonchev–Trinajstić information content (AvgIpc) is 2.83. The number of aliphatic hydroxyl groups excluding tert-OH is 1. The van der Waals surface area contributed by atoms with Crippen LogP contribution in [0.4, 0.5) is 0 Å². The second-order valence-electron chi connectivity index (χ2n) is 5.52. The summed E-state index contributed by atoms with van der Waals surface area (Å²) < 4.78 is 27.6. The molecule has 0 radical (unpaired) electrons. The molecule has 19 heavy (non-hydrogen) atoms. The molecular formula is C13H21NO3S2. The monoisotopic (exact) mass is 303 g/mol. The van der Waals surface area contributed by atoms with E-state index in [9.17, 15) is 8.42 Å². The summed E-state index contributed by atoms with van der Waals surface area (Å²) in [7, 11) is -3.43. The zero-order chi connectivity index (χ0) is 14.0. The molecule has 1 saturated carbocycles. The van der Waals surface area contributed by atoms with E-state index in [4.69, 9.17) is 5.11 Å². The lowest BCUT2D eigenvalue weighted by atomic mass is 9.79. The van der Waals surface area contributed by atoms with Crippen LogP contribution in [-0.2, 0) is 16.6 Å². The van der Waals surface area contributed by atoms with Gasteiger partial charge >= 0.3 is 0 Å². The van der Waals surface area contributed by atoms with Gasteiger partial charge in [-0.3, -0.25) is 0 Å². The third kappa shape index (κ3) is 3.56. The number of thiophene rings is 1. The summed E-state index contributed by atoms with van der Waals surface area (Å²) in [4.78, 5) is 0. The molecule has 1 heterocycles. The van der Waals surface area contributed by atoms with Gasteiger partial charge in [-0.1, -0.05) is 13.8 Å². The molecule has 0 bridgehead atoms. The van der Waals surface area contributed by atoms with Gasteiger partial charge in [0.2, 0.25) is 10.0 Å². The molecule has 1 aromatic heterocycles. The highest BCUT2D eigenvalue weighted by Gasteiger charge is 2.28. The highest BCUT2D eigenvalue weighted by molar-refractivity contribution is 7.91. The quantitative estimate of drug-likeness (QED) is 0.897. The first-order valence-electron chi connectivity index (χ1n) is 6.63. The minimum Gasteiger partial charge on any atom is -0.392 e. The Bertz CT molecular complexity index is 524. The maximum atomic E-state index is 12.2. The van der Waals surface area contributed by atoms with Crippen LogP contribution in [0.3, 0.4) is 0 Å². The zero-order valence-corrected chi connectivity index (χ0v) is 12.9. The zero-order valence-electron chi connectivity index (χ0n) is 11.3. The van der Waals surface area contributed by atoms with Gasteiger partial charge < -0.3 is 5.11 Å². The molecule has 2 rings (SSSR count). The standard InChI is InChI=1S/C13H21NO3S2/c1-9-3-4-12(5-10(9)2)14-19(16,17)13-6-11(7-15)8-18-13/h6,8-10,12,14-15H,3-5,7H2,1-2H3. The van der Waals surface area contributed by atoms with Gasteiger partial charge in [0, 0.05) is 6.04 Å². The Balaban J connectivity index is 2.05. The van der Waals surface area contributed by atoms with Crippen molar-refractivity contribution in [2.24, 2.45) is 11.8 Å². The van der Waals surface area contributed by atoms with Crippen molar-refractivity contribution in [2.75, 3.05) is 0 Å². The smallest absolute Gasteiger partial charge is 0.250 e. The second kappa shape index (κ2) is 5.91. The summed E-state index contributed by atoms with van der Waals surface area (Å²) in [5, 5.41) is 10.7. The van der Waals surface area contributed by atoms with Crippen molar-refractivity contribution in [3.63, 3.8) is 0 Å². The van der Waals surface area contributed by atoms with E-state index < -0.39 is 10.0 Å². The minimum atomic E-state index is -3.43. The van der Waals surface area contributed by atoms with Crippen LogP contribution in [0.5, 0.6) is 0 Å². The highest BCUT2D eigenvalue weighted by Crippen LogP contribution is 2.30. The van der Waals surface area contributed by atoms with Gasteiger partial charge in [0.15, 0.2) is 0 Å². The van der Waals surface area contributed by atoms with E-state index >= 15 is 0 Å². The largest absolute Gasteiger partial charge is 0.392 e. The van der Waals surface area contributed by atoms with Crippen molar-refractivity contribution >= 4 is 21.4 Å². The Morgan fingerprint density at radius 3 is 2.68 bits per heavy atom. The predicted molar refractivity (Wildman–Crippen MR) is 76.5 cm³/mol. The fraction of sp³-hybridized carbons (Fsp3) is 0.692. The summed E-state index contributed by atoms with van der Waals surface area (Å²) in [5.74, 6) is 1.22. The summed E-state index contributed by atoms with van der Waals surface area (Å²) in [6, 6.07) is 1.58. The Hall–Kier alpha value is -0.430. The second-order valence-corrected chi connectivity index (χ2v) is 8.37. The normalized spacial score (nSPS) is 28.5. The van der Waals surface area contributed by atoms with Crippen LogP contribution in [0.25, 0.3) is 0 Å². The summed E-state index contributed by atoms with van der Waals surface area (Å²) in [5.41, 5.74) is 0.649. The Labute approximate surface area is 118 Å². The van der Waals surface area contributed by atoms with Crippen molar-refractivity contribution in [1.29, 1.82) is 0 Å². The lowest BCUT2D eigenvalue weighted by molar-refractivity contribution is 0.242. The molecule has 4 nitrogen and oxygen atoms in total. The molecule has 3 atom stereocenters. The number of rotatable bonds is 4. The first-order chi connectivity index (χ1) is 8.92. The first-order valence-corrected chi connectivity index (χ1v) is 8.99. The van der Waals surface area contributed by atoms with Crippen LogP contribution in [0.2, 0.25) is 0 Å². The number of hydrogen-bond acceptors (Lipinski definition) is 4. The van der Waals surface area contributed by atoms with Crippen LogP contribution in [0.1, 0.15) is 38.7 Å². The van der Waals surface area contributed by atoms with Crippen LogP contribution in [-0.4, -0.2) is 19.6 Å².